The summed E-state index contributed by atoms with van der Waals surface area (Å²) < 4.78 is 10.7. The Morgan fingerprint density at radius 3 is 2.68 bits per heavy atom. The third-order valence-corrected chi connectivity index (χ3v) is 3.44. The maximum atomic E-state index is 11.9. The molecule has 0 aliphatic rings. The van der Waals surface area contributed by atoms with Gasteiger partial charge in [-0.15, -0.1) is 5.10 Å². The smallest absolute Gasteiger partial charge is 0.252 e. The van der Waals surface area contributed by atoms with Crippen molar-refractivity contribution in [1.82, 2.24) is 15.2 Å². The van der Waals surface area contributed by atoms with Crippen LogP contribution in [0.5, 0.6) is 5.75 Å². The number of nitrogens with zero attached hydrogens (tertiary/aromatic N) is 2. The van der Waals surface area contributed by atoms with Gasteiger partial charge in [-0.3, -0.25) is 15.2 Å². The Hall–Kier alpha value is -3.19. The molecule has 25 heavy (non-hydrogen) atoms. The molecule has 7 nitrogen and oxygen atoms in total. The van der Waals surface area contributed by atoms with E-state index in [0.29, 0.717) is 18.2 Å². The van der Waals surface area contributed by atoms with E-state index in [1.807, 2.05) is 54.6 Å². The topological polar surface area (TPSA) is 89.1 Å². The van der Waals surface area contributed by atoms with Crippen LogP contribution >= 0.6 is 0 Å². The zero-order chi connectivity index (χ0) is 17.5. The van der Waals surface area contributed by atoms with E-state index in [-0.39, 0.29) is 18.5 Å². The molecular weight excluding hydrogens is 320 g/mol. The van der Waals surface area contributed by atoms with Gasteiger partial charge in [-0.05, 0) is 17.7 Å². The van der Waals surface area contributed by atoms with Gasteiger partial charge in [0.1, 0.15) is 12.4 Å². The minimum absolute atomic E-state index is 0.0760. The number of hydrogen-bond acceptors (Lipinski definition) is 5. The lowest BCUT2D eigenvalue weighted by Crippen LogP contribution is -2.19. The van der Waals surface area contributed by atoms with E-state index in [1.54, 1.807) is 7.11 Å². The van der Waals surface area contributed by atoms with E-state index >= 15 is 0 Å². The summed E-state index contributed by atoms with van der Waals surface area (Å²) in [6, 6.07) is 17.1. The van der Waals surface area contributed by atoms with Crippen LogP contribution in [0.15, 0.2) is 54.6 Å². The highest BCUT2D eigenvalue weighted by Gasteiger charge is 2.12. The van der Waals surface area contributed by atoms with Crippen molar-refractivity contribution in [2.24, 2.45) is 0 Å². The average molecular weight is 338 g/mol. The van der Waals surface area contributed by atoms with Crippen molar-refractivity contribution in [3.05, 3.63) is 60.2 Å². The number of nitrogens with one attached hydrogen (secondary N) is 2. The summed E-state index contributed by atoms with van der Waals surface area (Å²) in [7, 11) is 1.59. The van der Waals surface area contributed by atoms with Crippen LogP contribution in [0, 0.1) is 0 Å². The van der Waals surface area contributed by atoms with Crippen molar-refractivity contribution < 1.29 is 14.3 Å². The highest BCUT2D eigenvalue weighted by molar-refractivity contribution is 5.90. The van der Waals surface area contributed by atoms with Crippen molar-refractivity contribution in [3.63, 3.8) is 0 Å². The molecule has 1 aromatic heterocycles. The van der Waals surface area contributed by atoms with Gasteiger partial charge in [-0.1, -0.05) is 42.5 Å². The van der Waals surface area contributed by atoms with Gasteiger partial charge in [0.2, 0.25) is 5.95 Å². The van der Waals surface area contributed by atoms with Gasteiger partial charge in [0, 0.05) is 0 Å². The largest absolute Gasteiger partial charge is 0.496 e. The fraction of sp³-hybridized carbons (Fsp3) is 0.167. The number of aromatic amines is 1. The number of hydrogen-bond donors (Lipinski definition) is 2. The summed E-state index contributed by atoms with van der Waals surface area (Å²) in [6.45, 7) is 0.294. The quantitative estimate of drug-likeness (QED) is 0.691. The monoisotopic (exact) mass is 338 g/mol. The summed E-state index contributed by atoms with van der Waals surface area (Å²) in [4.78, 5) is 16.2. The van der Waals surface area contributed by atoms with Crippen molar-refractivity contribution >= 4 is 11.9 Å². The minimum atomic E-state index is -0.318. The predicted octanol–water partition coefficient (Wildman–Crippen LogP) is 2.64. The first-order valence-corrected chi connectivity index (χ1v) is 7.73. The lowest BCUT2D eigenvalue weighted by Gasteiger charge is -2.04. The first-order chi connectivity index (χ1) is 12.3. The number of anilines is 1. The second-order valence-electron chi connectivity index (χ2n) is 5.23. The molecule has 7 heteroatoms. The van der Waals surface area contributed by atoms with Gasteiger partial charge >= 0.3 is 0 Å². The zero-order valence-electron chi connectivity index (χ0n) is 13.7. The number of H-pyrrole nitrogens is 1. The van der Waals surface area contributed by atoms with Crippen molar-refractivity contribution in [2.75, 3.05) is 19.0 Å². The zero-order valence-corrected chi connectivity index (χ0v) is 13.7. The van der Waals surface area contributed by atoms with Crippen molar-refractivity contribution in [1.29, 1.82) is 0 Å². The molecule has 0 aliphatic heterocycles. The maximum absolute atomic E-state index is 11.9. The van der Waals surface area contributed by atoms with Gasteiger partial charge in [-0.2, -0.15) is 4.98 Å². The van der Waals surface area contributed by atoms with Gasteiger partial charge in [0.05, 0.1) is 19.3 Å². The van der Waals surface area contributed by atoms with Crippen LogP contribution in [-0.4, -0.2) is 34.8 Å². The molecular formula is C18H18N4O3. The van der Waals surface area contributed by atoms with E-state index in [1.165, 1.54) is 0 Å². The molecule has 1 amide bonds. The van der Waals surface area contributed by atoms with Gasteiger partial charge in [-0.25, -0.2) is 0 Å². The number of carbonyl (C=O) groups excluding carboxylic acids is 1. The predicted molar refractivity (Wildman–Crippen MR) is 93.1 cm³/mol. The Morgan fingerprint density at radius 1 is 1.12 bits per heavy atom. The van der Waals surface area contributed by atoms with E-state index < -0.39 is 0 Å². The molecule has 0 atom stereocenters. The molecule has 0 unspecified atom stereocenters. The van der Waals surface area contributed by atoms with Crippen molar-refractivity contribution in [3.8, 4) is 17.1 Å². The third-order valence-electron chi connectivity index (χ3n) is 3.44. The molecule has 0 aliphatic carbocycles. The number of aromatic nitrogens is 3. The van der Waals surface area contributed by atoms with E-state index in [9.17, 15) is 4.79 Å². The second-order valence-corrected chi connectivity index (χ2v) is 5.23. The number of rotatable bonds is 7. The molecule has 2 aromatic carbocycles. The van der Waals surface area contributed by atoms with Crippen LogP contribution in [0.3, 0.4) is 0 Å². The van der Waals surface area contributed by atoms with Gasteiger partial charge < -0.3 is 9.47 Å². The highest BCUT2D eigenvalue weighted by Crippen LogP contribution is 2.26. The number of methoxy groups -OCH3 is 1. The summed E-state index contributed by atoms with van der Waals surface area (Å²) in [5, 5.41) is 9.38. The summed E-state index contributed by atoms with van der Waals surface area (Å²) in [5.74, 6) is 1.05. The van der Waals surface area contributed by atoms with E-state index in [2.05, 4.69) is 20.5 Å². The lowest BCUT2D eigenvalue weighted by atomic mass is 10.2. The molecule has 0 spiro atoms. The molecule has 0 saturated heterocycles. The van der Waals surface area contributed by atoms with E-state index in [0.717, 1.165) is 11.1 Å². The van der Waals surface area contributed by atoms with Crippen LogP contribution < -0.4 is 10.1 Å². The fourth-order valence-electron chi connectivity index (χ4n) is 2.28. The number of para-hydroxylation sites is 1. The number of amides is 1. The van der Waals surface area contributed by atoms with Crippen LogP contribution in [0.25, 0.3) is 11.4 Å². The Morgan fingerprint density at radius 2 is 1.88 bits per heavy atom. The summed E-state index contributed by atoms with van der Waals surface area (Å²) in [5.41, 5.74) is 1.77. The standard InChI is InChI=1S/C18H18N4O3/c1-24-15-10-6-5-9-14(15)17-20-18(22-21-17)19-16(23)12-25-11-13-7-3-2-4-8-13/h2-10H,11-12H2,1H3,(H2,19,20,21,22,23). The third kappa shape index (κ3) is 4.42. The van der Waals surface area contributed by atoms with Crippen molar-refractivity contribution in [2.45, 2.75) is 6.61 Å². The Kier molecular flexibility index (Phi) is 5.38. The number of benzene rings is 2. The normalized spacial score (nSPS) is 10.4. The Labute approximate surface area is 145 Å². The van der Waals surface area contributed by atoms with Gasteiger partial charge in [0.25, 0.3) is 5.91 Å². The summed E-state index contributed by atoms with van der Waals surface area (Å²) in [6.07, 6.45) is 0. The fourth-order valence-corrected chi connectivity index (χ4v) is 2.28. The minimum Gasteiger partial charge on any atom is -0.496 e. The lowest BCUT2D eigenvalue weighted by molar-refractivity contribution is -0.121. The first-order valence-electron chi connectivity index (χ1n) is 7.73. The number of carbonyl (C=O) groups is 1. The van der Waals surface area contributed by atoms with Crippen LogP contribution in [0.4, 0.5) is 5.95 Å². The van der Waals surface area contributed by atoms with Crippen LogP contribution in [0.2, 0.25) is 0 Å². The molecule has 128 valence electrons. The SMILES string of the molecule is COc1ccccc1-c1nc(NC(=O)COCc2ccccc2)n[nH]1. The second kappa shape index (κ2) is 8.07. The maximum Gasteiger partial charge on any atom is 0.252 e. The van der Waals surface area contributed by atoms with Crippen LogP contribution in [0.1, 0.15) is 5.56 Å². The summed E-state index contributed by atoms with van der Waals surface area (Å²) >= 11 is 0. The van der Waals surface area contributed by atoms with E-state index in [4.69, 9.17) is 9.47 Å². The molecule has 3 aromatic rings. The highest BCUT2D eigenvalue weighted by atomic mass is 16.5. The molecule has 2 N–H and O–H groups in total. The molecule has 3 rings (SSSR count). The Balaban J connectivity index is 1.55. The molecule has 0 radical (unpaired) electrons. The average Bonchev–Trinajstić information content (AvgIpc) is 3.10. The molecule has 0 saturated carbocycles. The number of ether oxygens (including phenoxy) is 2. The molecule has 0 bridgehead atoms. The first kappa shape index (κ1) is 16.7. The van der Waals surface area contributed by atoms with Gasteiger partial charge in [0.15, 0.2) is 5.82 Å². The molecule has 0 fully saturated rings. The van der Waals surface area contributed by atoms with Crippen LogP contribution in [-0.2, 0) is 16.1 Å². The molecule has 1 heterocycles. The Bertz CT molecular complexity index is 833.